The summed E-state index contributed by atoms with van der Waals surface area (Å²) in [5.74, 6) is 0. The summed E-state index contributed by atoms with van der Waals surface area (Å²) in [5.41, 5.74) is 1.11. The summed E-state index contributed by atoms with van der Waals surface area (Å²) < 4.78 is 0. The molecule has 0 amide bonds. The minimum absolute atomic E-state index is 0.190. The molecular weight excluding hydrogens is 188 g/mol. The zero-order valence-electron chi connectivity index (χ0n) is 8.76. The number of aliphatic hydroxyl groups is 1. The lowest BCUT2D eigenvalue weighted by atomic mass is 10.2. The fraction of sp³-hybridized carbons (Fsp3) is 0.417. The van der Waals surface area contributed by atoms with E-state index in [1.54, 1.807) is 0 Å². The van der Waals surface area contributed by atoms with E-state index in [0.717, 1.165) is 25.2 Å². The molecule has 0 aliphatic heterocycles. The van der Waals surface area contributed by atoms with Gasteiger partial charge in [0.2, 0.25) is 0 Å². The Hall–Kier alpha value is -1.53. The van der Waals surface area contributed by atoms with Crippen LogP contribution < -0.4 is 4.90 Å². The quantitative estimate of drug-likeness (QED) is 0.768. The number of benzene rings is 1. The van der Waals surface area contributed by atoms with Gasteiger partial charge in [0.05, 0.1) is 12.5 Å². The van der Waals surface area contributed by atoms with Crippen LogP contribution in [0.25, 0.3) is 0 Å². The van der Waals surface area contributed by atoms with Gasteiger partial charge in [0.1, 0.15) is 0 Å². The van der Waals surface area contributed by atoms with Crippen molar-refractivity contribution in [3.05, 3.63) is 30.3 Å². The summed E-state index contributed by atoms with van der Waals surface area (Å²) in [6, 6.07) is 12.1. The highest BCUT2D eigenvalue weighted by Gasteiger charge is 2.04. The number of nitrogens with zero attached hydrogens (tertiary/aromatic N) is 2. The van der Waals surface area contributed by atoms with Crippen LogP contribution in [0, 0.1) is 11.3 Å². The molecule has 1 rings (SSSR count). The van der Waals surface area contributed by atoms with E-state index in [4.69, 9.17) is 10.4 Å². The summed E-state index contributed by atoms with van der Waals surface area (Å²) in [4.78, 5) is 2.12. The van der Waals surface area contributed by atoms with Crippen molar-refractivity contribution < 1.29 is 5.11 Å². The van der Waals surface area contributed by atoms with Crippen LogP contribution >= 0.6 is 0 Å². The topological polar surface area (TPSA) is 47.3 Å². The number of aliphatic hydroxyl groups excluding tert-OH is 1. The Bertz CT molecular complexity index is 305. The van der Waals surface area contributed by atoms with Crippen LogP contribution in [-0.2, 0) is 0 Å². The fourth-order valence-electron chi connectivity index (χ4n) is 1.46. The Morgan fingerprint density at radius 2 is 1.93 bits per heavy atom. The van der Waals surface area contributed by atoms with E-state index < -0.39 is 0 Å². The highest BCUT2D eigenvalue weighted by Crippen LogP contribution is 2.13. The Morgan fingerprint density at radius 1 is 1.20 bits per heavy atom. The first kappa shape index (κ1) is 11.5. The molecule has 1 aromatic carbocycles. The van der Waals surface area contributed by atoms with Crippen LogP contribution in [0.2, 0.25) is 0 Å². The van der Waals surface area contributed by atoms with Crippen molar-refractivity contribution in [2.75, 3.05) is 24.6 Å². The lowest BCUT2D eigenvalue weighted by Crippen LogP contribution is -2.25. The van der Waals surface area contributed by atoms with Gasteiger partial charge in [-0.2, -0.15) is 5.26 Å². The van der Waals surface area contributed by atoms with Gasteiger partial charge in [0.15, 0.2) is 0 Å². The molecule has 0 saturated heterocycles. The highest BCUT2D eigenvalue weighted by atomic mass is 16.3. The van der Waals surface area contributed by atoms with Gasteiger partial charge in [0.25, 0.3) is 0 Å². The van der Waals surface area contributed by atoms with Crippen LogP contribution in [0.1, 0.15) is 12.8 Å². The minimum Gasteiger partial charge on any atom is -0.396 e. The molecule has 3 nitrogen and oxygen atoms in total. The monoisotopic (exact) mass is 204 g/mol. The SMILES string of the molecule is N#CCCN(CCCO)c1ccccc1. The number of anilines is 1. The molecule has 0 fully saturated rings. The average molecular weight is 204 g/mol. The summed E-state index contributed by atoms with van der Waals surface area (Å²) in [6.45, 7) is 1.71. The molecule has 0 aliphatic rings. The largest absolute Gasteiger partial charge is 0.396 e. The predicted octanol–water partition coefficient (Wildman–Crippen LogP) is 1.79. The van der Waals surface area contributed by atoms with E-state index in [9.17, 15) is 0 Å². The average Bonchev–Trinajstić information content (AvgIpc) is 2.30. The van der Waals surface area contributed by atoms with Crippen molar-refractivity contribution in [2.24, 2.45) is 0 Å². The molecule has 0 spiro atoms. The third kappa shape index (κ3) is 4.01. The van der Waals surface area contributed by atoms with Crippen LogP contribution in [0.5, 0.6) is 0 Å². The first-order chi connectivity index (χ1) is 7.38. The maximum absolute atomic E-state index is 8.80. The minimum atomic E-state index is 0.190. The number of hydrogen-bond acceptors (Lipinski definition) is 3. The van der Waals surface area contributed by atoms with Crippen molar-refractivity contribution >= 4 is 5.69 Å². The van der Waals surface area contributed by atoms with Gasteiger partial charge in [-0.25, -0.2) is 0 Å². The second kappa shape index (κ2) is 6.86. The Morgan fingerprint density at radius 3 is 2.53 bits per heavy atom. The van der Waals surface area contributed by atoms with E-state index in [-0.39, 0.29) is 6.61 Å². The van der Waals surface area contributed by atoms with E-state index in [1.807, 2.05) is 30.3 Å². The molecule has 0 radical (unpaired) electrons. The molecule has 0 heterocycles. The van der Waals surface area contributed by atoms with Crippen molar-refractivity contribution in [1.82, 2.24) is 0 Å². The molecule has 80 valence electrons. The summed E-state index contributed by atoms with van der Waals surface area (Å²) >= 11 is 0. The van der Waals surface area contributed by atoms with Gasteiger partial charge in [0, 0.05) is 25.4 Å². The zero-order chi connectivity index (χ0) is 10.9. The highest BCUT2D eigenvalue weighted by molar-refractivity contribution is 5.45. The Balaban J connectivity index is 2.59. The standard InChI is InChI=1S/C12H16N2O/c13-8-4-9-14(10-5-11-15)12-6-2-1-3-7-12/h1-3,6-7,15H,4-5,9-11H2. The molecule has 0 aliphatic carbocycles. The van der Waals surface area contributed by atoms with Gasteiger partial charge < -0.3 is 10.0 Å². The predicted molar refractivity (Wildman–Crippen MR) is 60.6 cm³/mol. The molecule has 15 heavy (non-hydrogen) atoms. The molecule has 0 aromatic heterocycles. The van der Waals surface area contributed by atoms with Crippen molar-refractivity contribution in [3.8, 4) is 6.07 Å². The smallest absolute Gasteiger partial charge is 0.0640 e. The first-order valence-corrected chi connectivity index (χ1v) is 5.16. The van der Waals surface area contributed by atoms with Gasteiger partial charge >= 0.3 is 0 Å². The summed E-state index contributed by atoms with van der Waals surface area (Å²) in [6.07, 6.45) is 1.25. The van der Waals surface area contributed by atoms with Crippen LogP contribution in [0.15, 0.2) is 30.3 Å². The van der Waals surface area contributed by atoms with Crippen LogP contribution in [0.3, 0.4) is 0 Å². The van der Waals surface area contributed by atoms with Gasteiger partial charge in [-0.1, -0.05) is 18.2 Å². The van der Waals surface area contributed by atoms with Crippen LogP contribution in [-0.4, -0.2) is 24.8 Å². The van der Waals surface area contributed by atoms with E-state index in [1.165, 1.54) is 0 Å². The molecule has 0 bridgehead atoms. The number of para-hydroxylation sites is 1. The van der Waals surface area contributed by atoms with Gasteiger partial charge in [-0.15, -0.1) is 0 Å². The third-order valence-corrected chi connectivity index (χ3v) is 2.20. The summed E-state index contributed by atoms with van der Waals surface area (Å²) in [5, 5.41) is 17.4. The van der Waals surface area contributed by atoms with E-state index in [2.05, 4.69) is 11.0 Å². The number of nitriles is 1. The lowest BCUT2D eigenvalue weighted by molar-refractivity contribution is 0.289. The molecule has 0 atom stereocenters. The van der Waals surface area contributed by atoms with Gasteiger partial charge in [-0.05, 0) is 18.6 Å². The normalized spacial score (nSPS) is 9.60. The second-order valence-electron chi connectivity index (χ2n) is 3.31. The summed E-state index contributed by atoms with van der Waals surface area (Å²) in [7, 11) is 0. The molecular formula is C12H16N2O. The van der Waals surface area contributed by atoms with Crippen molar-refractivity contribution in [2.45, 2.75) is 12.8 Å². The molecule has 1 N–H and O–H groups in total. The van der Waals surface area contributed by atoms with Gasteiger partial charge in [-0.3, -0.25) is 0 Å². The number of hydrogen-bond donors (Lipinski definition) is 1. The second-order valence-corrected chi connectivity index (χ2v) is 3.31. The number of rotatable bonds is 6. The zero-order valence-corrected chi connectivity index (χ0v) is 8.76. The Labute approximate surface area is 90.6 Å². The molecule has 3 heteroatoms. The van der Waals surface area contributed by atoms with E-state index >= 15 is 0 Å². The molecule has 0 unspecified atom stereocenters. The maximum Gasteiger partial charge on any atom is 0.0640 e. The Kier molecular flexibility index (Phi) is 5.28. The van der Waals surface area contributed by atoms with E-state index in [0.29, 0.717) is 6.42 Å². The molecule has 0 saturated carbocycles. The van der Waals surface area contributed by atoms with Crippen LogP contribution in [0.4, 0.5) is 5.69 Å². The maximum atomic E-state index is 8.80. The molecule has 1 aromatic rings. The fourth-order valence-corrected chi connectivity index (χ4v) is 1.46. The van der Waals surface area contributed by atoms with Crippen molar-refractivity contribution in [1.29, 1.82) is 5.26 Å². The van der Waals surface area contributed by atoms with Crippen molar-refractivity contribution in [3.63, 3.8) is 0 Å². The third-order valence-electron chi connectivity index (χ3n) is 2.20. The lowest BCUT2D eigenvalue weighted by Gasteiger charge is -2.23. The first-order valence-electron chi connectivity index (χ1n) is 5.16.